The van der Waals surface area contributed by atoms with Gasteiger partial charge >= 0.3 is 0 Å². The van der Waals surface area contributed by atoms with Gasteiger partial charge in [-0.1, -0.05) is 24.9 Å². The summed E-state index contributed by atoms with van der Waals surface area (Å²) in [7, 11) is 1.69. The molecule has 1 aliphatic carbocycles. The van der Waals surface area contributed by atoms with Crippen LogP contribution in [0, 0.1) is 0 Å². The Morgan fingerprint density at radius 1 is 1.47 bits per heavy atom. The molecule has 5 heteroatoms. The molecule has 94 valence electrons. The van der Waals surface area contributed by atoms with Crippen LogP contribution in [0.2, 0.25) is 5.15 Å². The maximum atomic E-state index is 6.14. The van der Waals surface area contributed by atoms with Gasteiger partial charge in [0.15, 0.2) is 5.82 Å². The third-order valence-corrected chi connectivity index (χ3v) is 4.22. The van der Waals surface area contributed by atoms with E-state index in [1.807, 2.05) is 0 Å². The molecule has 1 saturated carbocycles. The number of halogens is 2. The first-order valence-corrected chi connectivity index (χ1v) is 7.10. The number of rotatable bonds is 5. The van der Waals surface area contributed by atoms with E-state index in [0.717, 1.165) is 23.0 Å². The standard InChI is InChI=1S/C12H16BrClN2O/c1-3-4-8(17-2)12-15-10(7-5-6-7)9(13)11(14)16-12/h7-8H,3-6H2,1-2H3. The summed E-state index contributed by atoms with van der Waals surface area (Å²) in [6.07, 6.45) is 4.28. The van der Waals surface area contributed by atoms with Crippen LogP contribution >= 0.6 is 27.5 Å². The van der Waals surface area contributed by atoms with Gasteiger partial charge in [-0.2, -0.15) is 0 Å². The molecule has 1 atom stereocenters. The average molecular weight is 320 g/mol. The predicted molar refractivity (Wildman–Crippen MR) is 71.4 cm³/mol. The molecule has 1 unspecified atom stereocenters. The maximum absolute atomic E-state index is 6.14. The Morgan fingerprint density at radius 2 is 2.18 bits per heavy atom. The number of nitrogens with zero attached hydrogens (tertiary/aromatic N) is 2. The van der Waals surface area contributed by atoms with Gasteiger partial charge in [0.1, 0.15) is 11.3 Å². The van der Waals surface area contributed by atoms with Crippen molar-refractivity contribution in [2.45, 2.75) is 44.6 Å². The summed E-state index contributed by atoms with van der Waals surface area (Å²) in [5, 5.41) is 0.495. The summed E-state index contributed by atoms with van der Waals surface area (Å²) >= 11 is 9.61. The van der Waals surface area contributed by atoms with Crippen LogP contribution in [0.5, 0.6) is 0 Å². The molecule has 1 heterocycles. The molecule has 0 radical (unpaired) electrons. The fourth-order valence-electron chi connectivity index (χ4n) is 1.84. The van der Waals surface area contributed by atoms with E-state index >= 15 is 0 Å². The lowest BCUT2D eigenvalue weighted by atomic mass is 10.2. The lowest BCUT2D eigenvalue weighted by molar-refractivity contribution is 0.0874. The fourth-order valence-corrected chi connectivity index (χ4v) is 2.52. The molecule has 1 aromatic heterocycles. The Kier molecular flexibility index (Phi) is 4.39. The van der Waals surface area contributed by atoms with Crippen LogP contribution in [0.3, 0.4) is 0 Å². The molecule has 2 rings (SSSR count). The molecule has 1 aliphatic rings. The first-order valence-electron chi connectivity index (χ1n) is 5.93. The van der Waals surface area contributed by atoms with Crippen molar-refractivity contribution in [3.63, 3.8) is 0 Å². The molecule has 1 aromatic rings. The van der Waals surface area contributed by atoms with Gasteiger partial charge in [-0.05, 0) is 35.2 Å². The van der Waals surface area contributed by atoms with Crippen LogP contribution in [-0.4, -0.2) is 17.1 Å². The summed E-state index contributed by atoms with van der Waals surface area (Å²) in [5.74, 6) is 1.26. The molecule has 0 amide bonds. The minimum atomic E-state index is -0.0527. The number of aromatic nitrogens is 2. The monoisotopic (exact) mass is 318 g/mol. The third kappa shape index (κ3) is 2.98. The minimum absolute atomic E-state index is 0.0527. The van der Waals surface area contributed by atoms with Gasteiger partial charge in [-0.25, -0.2) is 9.97 Å². The second kappa shape index (κ2) is 5.63. The number of ether oxygens (including phenoxy) is 1. The van der Waals surface area contributed by atoms with E-state index in [4.69, 9.17) is 16.3 Å². The normalized spacial score (nSPS) is 17.2. The van der Waals surface area contributed by atoms with Gasteiger partial charge in [0.25, 0.3) is 0 Å². The van der Waals surface area contributed by atoms with Crippen molar-refractivity contribution < 1.29 is 4.74 Å². The quantitative estimate of drug-likeness (QED) is 0.761. The minimum Gasteiger partial charge on any atom is -0.373 e. The van der Waals surface area contributed by atoms with E-state index in [9.17, 15) is 0 Å². The van der Waals surface area contributed by atoms with Crippen LogP contribution in [0.1, 0.15) is 56.1 Å². The zero-order valence-electron chi connectivity index (χ0n) is 10.0. The second-order valence-electron chi connectivity index (χ2n) is 4.36. The van der Waals surface area contributed by atoms with Crippen LogP contribution in [0.4, 0.5) is 0 Å². The zero-order valence-corrected chi connectivity index (χ0v) is 12.4. The molecule has 0 aliphatic heterocycles. The summed E-state index contributed by atoms with van der Waals surface area (Å²) in [4.78, 5) is 8.93. The Balaban J connectivity index is 2.33. The molecule has 0 bridgehead atoms. The number of hydrogen-bond donors (Lipinski definition) is 0. The van der Waals surface area contributed by atoms with Gasteiger partial charge < -0.3 is 4.74 Å². The molecule has 0 N–H and O–H groups in total. The Bertz CT molecular complexity index is 410. The summed E-state index contributed by atoms with van der Waals surface area (Å²) in [5.41, 5.74) is 1.04. The van der Waals surface area contributed by atoms with E-state index < -0.39 is 0 Å². The van der Waals surface area contributed by atoms with Crippen molar-refractivity contribution in [3.8, 4) is 0 Å². The molecule has 3 nitrogen and oxygen atoms in total. The highest BCUT2D eigenvalue weighted by molar-refractivity contribution is 9.10. The molecule has 17 heavy (non-hydrogen) atoms. The summed E-state index contributed by atoms with van der Waals surface area (Å²) < 4.78 is 6.27. The maximum Gasteiger partial charge on any atom is 0.159 e. The third-order valence-electron chi connectivity index (χ3n) is 2.94. The van der Waals surface area contributed by atoms with E-state index in [2.05, 4.69) is 32.8 Å². The SMILES string of the molecule is CCCC(OC)c1nc(Cl)c(Br)c(C2CC2)n1. The molecule has 0 spiro atoms. The summed E-state index contributed by atoms with van der Waals surface area (Å²) in [6, 6.07) is 0. The van der Waals surface area contributed by atoms with E-state index in [-0.39, 0.29) is 6.10 Å². The van der Waals surface area contributed by atoms with E-state index in [0.29, 0.717) is 16.9 Å². The van der Waals surface area contributed by atoms with Crippen LogP contribution in [0.15, 0.2) is 4.47 Å². The first-order chi connectivity index (χ1) is 8.17. The van der Waals surface area contributed by atoms with Crippen molar-refractivity contribution in [2.24, 2.45) is 0 Å². The molecule has 0 saturated heterocycles. The van der Waals surface area contributed by atoms with Gasteiger partial charge in [0, 0.05) is 13.0 Å². The van der Waals surface area contributed by atoms with Crippen LogP contribution in [0.25, 0.3) is 0 Å². The largest absolute Gasteiger partial charge is 0.373 e. The molecular weight excluding hydrogens is 304 g/mol. The molecule has 1 fully saturated rings. The van der Waals surface area contributed by atoms with Gasteiger partial charge in [-0.3, -0.25) is 0 Å². The van der Waals surface area contributed by atoms with Crippen molar-refractivity contribution in [3.05, 3.63) is 21.1 Å². The highest BCUT2D eigenvalue weighted by Crippen LogP contribution is 2.44. The second-order valence-corrected chi connectivity index (χ2v) is 5.51. The Labute approximate surface area is 115 Å². The lowest BCUT2D eigenvalue weighted by Gasteiger charge is -2.15. The van der Waals surface area contributed by atoms with Gasteiger partial charge in [-0.15, -0.1) is 0 Å². The lowest BCUT2D eigenvalue weighted by Crippen LogP contribution is -2.09. The first kappa shape index (κ1) is 13.2. The number of hydrogen-bond acceptors (Lipinski definition) is 3. The van der Waals surface area contributed by atoms with Crippen LogP contribution in [-0.2, 0) is 4.74 Å². The Hall–Kier alpha value is -0.190. The van der Waals surface area contributed by atoms with Crippen molar-refractivity contribution in [1.82, 2.24) is 9.97 Å². The Morgan fingerprint density at radius 3 is 2.71 bits per heavy atom. The van der Waals surface area contributed by atoms with Crippen molar-refractivity contribution in [2.75, 3.05) is 7.11 Å². The van der Waals surface area contributed by atoms with Crippen LogP contribution < -0.4 is 0 Å². The van der Waals surface area contributed by atoms with Crippen molar-refractivity contribution in [1.29, 1.82) is 0 Å². The average Bonchev–Trinajstić information content (AvgIpc) is 3.13. The predicted octanol–water partition coefficient (Wildman–Crippen LogP) is 4.26. The zero-order chi connectivity index (χ0) is 12.4. The van der Waals surface area contributed by atoms with Gasteiger partial charge in [0.2, 0.25) is 0 Å². The van der Waals surface area contributed by atoms with E-state index in [1.54, 1.807) is 7.11 Å². The highest BCUT2D eigenvalue weighted by atomic mass is 79.9. The topological polar surface area (TPSA) is 35.0 Å². The smallest absolute Gasteiger partial charge is 0.159 e. The fraction of sp³-hybridized carbons (Fsp3) is 0.667. The van der Waals surface area contributed by atoms with E-state index in [1.165, 1.54) is 12.8 Å². The summed E-state index contributed by atoms with van der Waals surface area (Å²) in [6.45, 7) is 2.12. The van der Waals surface area contributed by atoms with Crippen molar-refractivity contribution >= 4 is 27.5 Å². The number of methoxy groups -OCH3 is 1. The van der Waals surface area contributed by atoms with Gasteiger partial charge in [0.05, 0.1) is 10.2 Å². The molecular formula is C12H16BrClN2O. The molecule has 0 aromatic carbocycles. The highest BCUT2D eigenvalue weighted by Gasteiger charge is 2.30.